The van der Waals surface area contributed by atoms with Crippen molar-refractivity contribution in [1.29, 1.82) is 0 Å². The number of benzene rings is 3. The molecule has 3 rings (SSSR count). The summed E-state index contributed by atoms with van der Waals surface area (Å²) in [6.07, 6.45) is 0. The Bertz CT molecular complexity index is 864. The molecule has 0 aromatic heterocycles. The molecule has 0 aliphatic heterocycles. The van der Waals surface area contributed by atoms with Crippen LogP contribution in [0.3, 0.4) is 0 Å². The van der Waals surface area contributed by atoms with Gasteiger partial charge in [-0.1, -0.05) is 0 Å². The van der Waals surface area contributed by atoms with Crippen LogP contribution >= 0.6 is 7.29 Å². The molecule has 0 saturated heterocycles. The molecule has 3 aromatic carbocycles. The third kappa shape index (κ3) is 4.23. The summed E-state index contributed by atoms with van der Waals surface area (Å²) in [5, 5.41) is 1.80. The monoisotopic (exact) mass is 485 g/mol. The average Bonchev–Trinajstić information content (AvgIpc) is 2.68. The zero-order chi connectivity index (χ0) is 19.5. The fraction of sp³-hybridized carbons (Fsp3) is 0.217. The Labute approximate surface area is 167 Å². The number of hydrogen-bond acceptors (Lipinski definition) is 1. The van der Waals surface area contributed by atoms with Crippen LogP contribution in [-0.2, 0) is 4.57 Å². The minimum absolute atomic E-state index is 0.215. The van der Waals surface area contributed by atoms with Gasteiger partial charge in [0.15, 0.2) is 0 Å². The molecule has 27 heavy (non-hydrogen) atoms. The summed E-state index contributed by atoms with van der Waals surface area (Å²) in [5.74, 6) is 0. The van der Waals surface area contributed by atoms with E-state index in [4.69, 9.17) is 0 Å². The van der Waals surface area contributed by atoms with E-state index in [-0.39, 0.29) is 4.06 Å². The first-order valence-electron chi connectivity index (χ1n) is 9.34. The summed E-state index contributed by atoms with van der Waals surface area (Å²) < 4.78 is 17.1. The Morgan fingerprint density at radius 1 is 0.704 bits per heavy atom. The second-order valence-electron chi connectivity index (χ2n) is 8.00. The van der Waals surface area contributed by atoms with Gasteiger partial charge in [0.1, 0.15) is 0 Å². The van der Waals surface area contributed by atoms with E-state index in [2.05, 4.69) is 50.8 Å². The van der Waals surface area contributed by atoms with Crippen molar-refractivity contribution in [3.8, 4) is 0 Å². The molecule has 1 atom stereocenters. The first-order chi connectivity index (χ1) is 12.8. The van der Waals surface area contributed by atoms with Gasteiger partial charge in [0.2, 0.25) is 0 Å². The third-order valence-electron chi connectivity index (χ3n) is 4.97. The second-order valence-corrected chi connectivity index (χ2v) is 25.9. The standard InChI is InChI=1S/C20H19NOP.3CH3.Sn/c1-21(17-18-11-5-2-6-12-18)23(22,19-13-7-3-8-14-19)20-15-9-4-10-16-20;;;;/h2-17H,1H3;3*1H3;. The molecule has 0 N–H and O–H groups in total. The molecule has 0 radical (unpaired) electrons. The van der Waals surface area contributed by atoms with E-state index in [1.807, 2.05) is 66.7 Å². The van der Waals surface area contributed by atoms with Crippen molar-refractivity contribution in [2.24, 2.45) is 0 Å². The van der Waals surface area contributed by atoms with Crippen molar-refractivity contribution < 1.29 is 4.57 Å². The summed E-state index contributed by atoms with van der Waals surface area (Å²) in [6, 6.07) is 30.5. The fourth-order valence-corrected chi connectivity index (χ4v) is 16.8. The van der Waals surface area contributed by atoms with Gasteiger partial charge in [0, 0.05) is 0 Å². The Balaban J connectivity index is 2.21. The van der Waals surface area contributed by atoms with Gasteiger partial charge in [0.05, 0.1) is 0 Å². The first-order valence-corrected chi connectivity index (χ1v) is 21.2. The van der Waals surface area contributed by atoms with E-state index in [0.717, 1.165) is 10.6 Å². The predicted molar refractivity (Wildman–Crippen MR) is 120 cm³/mol. The average molecular weight is 484 g/mol. The zero-order valence-electron chi connectivity index (χ0n) is 16.5. The number of nitrogens with zero attached hydrogens (tertiary/aromatic N) is 1. The molecule has 0 saturated carbocycles. The van der Waals surface area contributed by atoms with Crippen LogP contribution in [0.25, 0.3) is 0 Å². The third-order valence-corrected chi connectivity index (χ3v) is 15.4. The Morgan fingerprint density at radius 2 is 1.07 bits per heavy atom. The van der Waals surface area contributed by atoms with Crippen LogP contribution in [0.15, 0.2) is 91.0 Å². The topological polar surface area (TPSA) is 20.3 Å². The SMILES string of the molecule is CN([C@H](c1ccccc1)[Sn]([CH3])([CH3])[CH3])P(=O)(c1ccccc1)c1ccccc1. The van der Waals surface area contributed by atoms with E-state index in [0.29, 0.717) is 0 Å². The van der Waals surface area contributed by atoms with Gasteiger partial charge in [-0.25, -0.2) is 0 Å². The van der Waals surface area contributed by atoms with Crippen LogP contribution < -0.4 is 10.6 Å². The molecule has 0 unspecified atom stereocenters. The Hall–Kier alpha value is -1.35. The van der Waals surface area contributed by atoms with E-state index < -0.39 is 25.7 Å². The van der Waals surface area contributed by atoms with E-state index in [1.165, 1.54) is 5.56 Å². The van der Waals surface area contributed by atoms with Crippen molar-refractivity contribution in [3.05, 3.63) is 96.6 Å². The minimum atomic E-state index is -2.95. The fourth-order valence-electron chi connectivity index (χ4n) is 3.85. The summed E-state index contributed by atoms with van der Waals surface area (Å²) in [6.45, 7) is 0. The van der Waals surface area contributed by atoms with Crippen LogP contribution in [0.1, 0.15) is 9.62 Å². The normalized spacial score (nSPS) is 13.5. The van der Waals surface area contributed by atoms with Gasteiger partial charge in [-0.05, 0) is 0 Å². The zero-order valence-corrected chi connectivity index (χ0v) is 20.3. The molecular formula is C23H28NOPSn. The molecule has 0 aliphatic rings. The molecule has 0 aliphatic carbocycles. The summed E-state index contributed by atoms with van der Waals surface area (Å²) in [5.41, 5.74) is 1.27. The maximum atomic E-state index is 14.7. The predicted octanol–water partition coefficient (Wildman–Crippen LogP) is 5.47. The van der Waals surface area contributed by atoms with Gasteiger partial charge in [-0.2, -0.15) is 0 Å². The van der Waals surface area contributed by atoms with Gasteiger partial charge < -0.3 is 0 Å². The quantitative estimate of drug-likeness (QED) is 0.342. The molecule has 0 heterocycles. The van der Waals surface area contributed by atoms with E-state index in [1.54, 1.807) is 0 Å². The van der Waals surface area contributed by atoms with Crippen molar-refractivity contribution in [1.82, 2.24) is 4.67 Å². The van der Waals surface area contributed by atoms with Crippen molar-refractivity contribution in [2.45, 2.75) is 18.9 Å². The molecule has 4 heteroatoms. The first kappa shape index (κ1) is 20.4. The van der Waals surface area contributed by atoms with Crippen molar-refractivity contribution in [3.63, 3.8) is 0 Å². The molecule has 0 fully saturated rings. The molecule has 0 bridgehead atoms. The number of rotatable bonds is 6. The molecule has 3 aromatic rings. The molecule has 0 amide bonds. The van der Waals surface area contributed by atoms with Crippen LogP contribution in [0.5, 0.6) is 0 Å². The van der Waals surface area contributed by atoms with E-state index >= 15 is 0 Å². The van der Waals surface area contributed by atoms with Gasteiger partial charge in [0.25, 0.3) is 0 Å². The van der Waals surface area contributed by atoms with Crippen LogP contribution in [-0.4, -0.2) is 30.1 Å². The van der Waals surface area contributed by atoms with Gasteiger partial charge in [-0.3, -0.25) is 0 Å². The van der Waals surface area contributed by atoms with Gasteiger partial charge in [-0.15, -0.1) is 0 Å². The Morgan fingerprint density at radius 3 is 1.44 bits per heavy atom. The molecule has 140 valence electrons. The molecular weight excluding hydrogens is 456 g/mol. The van der Waals surface area contributed by atoms with Crippen LogP contribution in [0.4, 0.5) is 0 Å². The number of hydrogen-bond donors (Lipinski definition) is 0. The van der Waals surface area contributed by atoms with Crippen molar-refractivity contribution in [2.75, 3.05) is 7.05 Å². The second kappa shape index (κ2) is 8.34. The Kier molecular flexibility index (Phi) is 6.30. The summed E-state index contributed by atoms with van der Waals surface area (Å²) in [4.78, 5) is 7.26. The van der Waals surface area contributed by atoms with Crippen molar-refractivity contribution >= 4 is 36.3 Å². The summed E-state index contributed by atoms with van der Waals surface area (Å²) >= 11 is -2.54. The van der Waals surface area contributed by atoms with E-state index in [9.17, 15) is 4.57 Å². The van der Waals surface area contributed by atoms with Crippen LogP contribution in [0, 0.1) is 0 Å². The summed E-state index contributed by atoms with van der Waals surface area (Å²) in [7, 11) is -0.891. The van der Waals surface area contributed by atoms with Crippen LogP contribution in [0.2, 0.25) is 14.8 Å². The van der Waals surface area contributed by atoms with Gasteiger partial charge >= 0.3 is 168 Å². The molecule has 2 nitrogen and oxygen atoms in total. The maximum absolute atomic E-state index is 14.7. The molecule has 0 spiro atoms.